The van der Waals surface area contributed by atoms with E-state index in [4.69, 9.17) is 18.9 Å². The highest BCUT2D eigenvalue weighted by Gasteiger charge is 2.55. The molecule has 0 unspecified atom stereocenters. The van der Waals surface area contributed by atoms with Crippen molar-refractivity contribution in [1.82, 2.24) is 4.90 Å². The number of benzene rings is 1. The van der Waals surface area contributed by atoms with E-state index in [1.807, 2.05) is 43.9 Å². The average molecular weight is 544 g/mol. The van der Waals surface area contributed by atoms with Crippen LogP contribution in [0.25, 0.3) is 0 Å². The summed E-state index contributed by atoms with van der Waals surface area (Å²) in [4.78, 5) is 14.8. The van der Waals surface area contributed by atoms with Gasteiger partial charge in [-0.05, 0) is 99.6 Å². The standard InChI is InChI=1S/C32H49NO6/c1-22(2)11-9-14-31(8)25-18-32(15-10-16-33(19-32)28(34)39-29(3,4)5)21-37-27(25)24-13-12-23(17-26(24)38-31)36-20-30(6,7)35/h11-13,17,25,27,35H,9-10,14-16,18-21H2,1-8H3/t25-,27+,31+,32-/m0/s1. The minimum Gasteiger partial charge on any atom is -0.490 e. The Morgan fingerprint density at radius 2 is 1.97 bits per heavy atom. The van der Waals surface area contributed by atoms with Crippen LogP contribution in [0.15, 0.2) is 29.8 Å². The molecule has 2 fully saturated rings. The Balaban J connectivity index is 1.60. The molecular formula is C32H49NO6. The quantitative estimate of drug-likeness (QED) is 0.396. The Labute approximate surface area is 234 Å². The minimum atomic E-state index is -0.922. The number of hydrogen-bond donors (Lipinski definition) is 1. The maximum atomic E-state index is 13.0. The summed E-state index contributed by atoms with van der Waals surface area (Å²) in [7, 11) is 0. The fourth-order valence-corrected chi connectivity index (χ4v) is 6.23. The van der Waals surface area contributed by atoms with Gasteiger partial charge in [0.15, 0.2) is 0 Å². The van der Waals surface area contributed by atoms with Crippen molar-refractivity contribution in [3.8, 4) is 11.5 Å². The Hall–Kier alpha value is -2.25. The van der Waals surface area contributed by atoms with Crippen LogP contribution in [0.4, 0.5) is 4.79 Å². The predicted octanol–water partition coefficient (Wildman–Crippen LogP) is 6.83. The molecule has 1 N–H and O–H groups in total. The molecule has 7 heteroatoms. The third-order valence-corrected chi connectivity index (χ3v) is 8.10. The second-order valence-corrected chi connectivity index (χ2v) is 14.1. The van der Waals surface area contributed by atoms with Gasteiger partial charge in [0.2, 0.25) is 0 Å². The summed E-state index contributed by atoms with van der Waals surface area (Å²) in [6.45, 7) is 17.8. The van der Waals surface area contributed by atoms with Gasteiger partial charge in [-0.2, -0.15) is 0 Å². The molecule has 3 heterocycles. The van der Waals surface area contributed by atoms with E-state index in [9.17, 15) is 9.90 Å². The number of likely N-dealkylation sites (tertiary alicyclic amines) is 1. The molecule has 0 aliphatic carbocycles. The van der Waals surface area contributed by atoms with Crippen LogP contribution < -0.4 is 9.47 Å². The maximum absolute atomic E-state index is 13.0. The van der Waals surface area contributed by atoms with E-state index in [-0.39, 0.29) is 30.1 Å². The molecule has 0 saturated carbocycles. The molecule has 4 rings (SSSR count). The lowest BCUT2D eigenvalue weighted by molar-refractivity contribution is -0.180. The lowest BCUT2D eigenvalue weighted by Gasteiger charge is -2.55. The number of carbonyl (C=O) groups is 1. The summed E-state index contributed by atoms with van der Waals surface area (Å²) >= 11 is 0. The van der Waals surface area contributed by atoms with Gasteiger partial charge >= 0.3 is 6.09 Å². The Morgan fingerprint density at radius 1 is 1.23 bits per heavy atom. The van der Waals surface area contributed by atoms with E-state index >= 15 is 0 Å². The second-order valence-electron chi connectivity index (χ2n) is 14.1. The molecule has 4 atom stereocenters. The van der Waals surface area contributed by atoms with Crippen LogP contribution in [0.2, 0.25) is 0 Å². The number of aliphatic hydroxyl groups is 1. The van der Waals surface area contributed by atoms with Crippen molar-refractivity contribution in [2.45, 2.75) is 110 Å². The molecular weight excluding hydrogens is 494 g/mol. The molecule has 39 heavy (non-hydrogen) atoms. The largest absolute Gasteiger partial charge is 0.490 e. The molecule has 3 aliphatic rings. The summed E-state index contributed by atoms with van der Waals surface area (Å²) < 4.78 is 25.2. The number of rotatable bonds is 6. The highest BCUT2D eigenvalue weighted by atomic mass is 16.6. The van der Waals surface area contributed by atoms with E-state index in [1.54, 1.807) is 13.8 Å². The molecule has 3 aliphatic heterocycles. The van der Waals surface area contributed by atoms with Gasteiger partial charge < -0.3 is 29.0 Å². The van der Waals surface area contributed by atoms with Gasteiger partial charge in [0.25, 0.3) is 0 Å². The number of amides is 1. The normalized spacial score (nSPS) is 28.7. The fourth-order valence-electron chi connectivity index (χ4n) is 6.23. The smallest absolute Gasteiger partial charge is 0.410 e. The monoisotopic (exact) mass is 543 g/mol. The van der Waals surface area contributed by atoms with Crippen molar-refractivity contribution in [3.05, 3.63) is 35.4 Å². The maximum Gasteiger partial charge on any atom is 0.410 e. The Morgan fingerprint density at radius 3 is 2.64 bits per heavy atom. The van der Waals surface area contributed by atoms with Gasteiger partial charge in [-0.1, -0.05) is 11.6 Å². The summed E-state index contributed by atoms with van der Waals surface area (Å²) in [6, 6.07) is 5.93. The molecule has 0 aromatic heterocycles. The number of allylic oxidation sites excluding steroid dienone is 2. The first-order valence-electron chi connectivity index (χ1n) is 14.5. The van der Waals surface area contributed by atoms with Crippen molar-refractivity contribution in [1.29, 1.82) is 0 Å². The van der Waals surface area contributed by atoms with Crippen LogP contribution in [0.1, 0.15) is 99.2 Å². The van der Waals surface area contributed by atoms with Crippen LogP contribution in [0, 0.1) is 11.3 Å². The van der Waals surface area contributed by atoms with Gasteiger partial charge in [-0.25, -0.2) is 4.79 Å². The van der Waals surface area contributed by atoms with Crippen LogP contribution in [0.5, 0.6) is 11.5 Å². The number of piperidine rings is 1. The van der Waals surface area contributed by atoms with Crippen molar-refractivity contribution in [2.24, 2.45) is 11.3 Å². The van der Waals surface area contributed by atoms with Crippen LogP contribution in [-0.2, 0) is 9.47 Å². The first kappa shape index (κ1) is 29.7. The van der Waals surface area contributed by atoms with Crippen LogP contribution in [0.3, 0.4) is 0 Å². The number of hydrogen-bond acceptors (Lipinski definition) is 6. The molecule has 2 saturated heterocycles. The zero-order valence-corrected chi connectivity index (χ0v) is 25.3. The molecule has 1 spiro atoms. The number of carbonyl (C=O) groups excluding carboxylic acids is 1. The lowest BCUT2D eigenvalue weighted by Crippen LogP contribution is -2.57. The predicted molar refractivity (Wildman–Crippen MR) is 152 cm³/mol. The van der Waals surface area contributed by atoms with Crippen molar-refractivity contribution in [3.63, 3.8) is 0 Å². The molecule has 1 aromatic carbocycles. The summed E-state index contributed by atoms with van der Waals surface area (Å²) in [5.74, 6) is 1.61. The molecule has 7 nitrogen and oxygen atoms in total. The van der Waals surface area contributed by atoms with E-state index < -0.39 is 16.8 Å². The van der Waals surface area contributed by atoms with Crippen molar-refractivity contribution >= 4 is 6.09 Å². The topological polar surface area (TPSA) is 77.5 Å². The zero-order chi connectivity index (χ0) is 28.6. The molecule has 0 bridgehead atoms. The zero-order valence-electron chi connectivity index (χ0n) is 25.3. The third kappa shape index (κ3) is 7.29. The third-order valence-electron chi connectivity index (χ3n) is 8.10. The first-order valence-corrected chi connectivity index (χ1v) is 14.5. The van der Waals surface area contributed by atoms with Crippen molar-refractivity contribution < 1.29 is 28.8 Å². The molecule has 218 valence electrons. The molecule has 1 amide bonds. The van der Waals surface area contributed by atoms with Gasteiger partial charge in [-0.3, -0.25) is 0 Å². The van der Waals surface area contributed by atoms with E-state index in [1.165, 1.54) is 5.57 Å². The van der Waals surface area contributed by atoms with Gasteiger partial charge in [0.05, 0.1) is 18.3 Å². The van der Waals surface area contributed by atoms with E-state index in [0.29, 0.717) is 18.9 Å². The minimum absolute atomic E-state index is 0.0867. The summed E-state index contributed by atoms with van der Waals surface area (Å²) in [5, 5.41) is 10.1. The van der Waals surface area contributed by atoms with Crippen LogP contribution in [-0.4, -0.2) is 59.2 Å². The fraction of sp³-hybridized carbons (Fsp3) is 0.719. The Bertz CT molecular complexity index is 1070. The average Bonchev–Trinajstić information content (AvgIpc) is 2.81. The SMILES string of the molecule is CC(C)=CCC[C@@]1(C)Oc2cc(OCC(C)(C)O)ccc2[C@H]2OC[C@@]3(CCCN(C(=O)OC(C)(C)C)C3)C[C@@H]21. The summed E-state index contributed by atoms with van der Waals surface area (Å²) in [6.07, 6.45) is 6.62. The lowest BCUT2D eigenvalue weighted by atomic mass is 9.64. The Kier molecular flexibility index (Phi) is 8.36. The molecule has 0 radical (unpaired) electrons. The second kappa shape index (κ2) is 11.0. The van der Waals surface area contributed by atoms with E-state index in [0.717, 1.165) is 50.0 Å². The van der Waals surface area contributed by atoms with Crippen LogP contribution >= 0.6 is 0 Å². The van der Waals surface area contributed by atoms with Gasteiger partial charge in [0.1, 0.15) is 29.3 Å². The van der Waals surface area contributed by atoms with Crippen molar-refractivity contribution in [2.75, 3.05) is 26.3 Å². The first-order chi connectivity index (χ1) is 18.1. The van der Waals surface area contributed by atoms with E-state index in [2.05, 4.69) is 26.8 Å². The van der Waals surface area contributed by atoms with Gasteiger partial charge in [0, 0.05) is 36.1 Å². The number of fused-ring (bicyclic) bond motifs is 3. The highest BCUT2D eigenvalue weighted by molar-refractivity contribution is 5.68. The number of ether oxygens (including phenoxy) is 4. The summed E-state index contributed by atoms with van der Waals surface area (Å²) in [5.41, 5.74) is 0.338. The number of nitrogens with zero attached hydrogens (tertiary/aromatic N) is 1. The highest BCUT2D eigenvalue weighted by Crippen LogP contribution is 2.56. The van der Waals surface area contributed by atoms with Gasteiger partial charge in [-0.15, -0.1) is 0 Å². The molecule has 1 aromatic rings.